The van der Waals surface area contributed by atoms with Crippen LogP contribution in [0.2, 0.25) is 0 Å². The molecular weight excluding hydrogens is 294 g/mol. The van der Waals surface area contributed by atoms with Gasteiger partial charge in [-0.05, 0) is 24.3 Å². The van der Waals surface area contributed by atoms with Gasteiger partial charge in [0.25, 0.3) is 0 Å². The fraction of sp³-hybridized carbons (Fsp3) is 0.100. The Morgan fingerprint density at radius 3 is 2.42 bits per heavy atom. The summed E-state index contributed by atoms with van der Waals surface area (Å²) in [6.45, 7) is 0. The summed E-state index contributed by atoms with van der Waals surface area (Å²) in [5, 5.41) is 0. The minimum Gasteiger partial charge on any atom is -0.372 e. The van der Waals surface area contributed by atoms with Crippen LogP contribution in [0.3, 0.4) is 0 Å². The highest BCUT2D eigenvalue weighted by atomic mass is 32.2. The van der Waals surface area contributed by atoms with Gasteiger partial charge in [-0.2, -0.15) is 0 Å². The van der Waals surface area contributed by atoms with Crippen molar-refractivity contribution in [2.45, 2.75) is 4.90 Å². The lowest BCUT2D eigenvalue weighted by Crippen LogP contribution is -2.09. The Morgan fingerprint density at radius 2 is 1.95 bits per heavy atom. The summed E-state index contributed by atoms with van der Waals surface area (Å²) in [4.78, 5) is 21.7. The van der Waals surface area contributed by atoms with E-state index in [-0.39, 0.29) is 10.5 Å². The van der Waals surface area contributed by atoms with Crippen LogP contribution in [0.25, 0.3) is 0 Å². The molecule has 0 radical (unpaired) electrons. The van der Waals surface area contributed by atoms with Crippen molar-refractivity contribution in [3.63, 3.8) is 0 Å². The second-order valence-corrected chi connectivity index (χ2v) is 6.20. The molecule has 100 valence electrons. The van der Waals surface area contributed by atoms with Crippen LogP contribution in [-0.2, 0) is 9.84 Å². The summed E-state index contributed by atoms with van der Waals surface area (Å²) in [5.41, 5.74) is 0.114. The number of aromatic nitrogens is 1. The van der Waals surface area contributed by atoms with E-state index in [2.05, 4.69) is 8.79 Å². The summed E-state index contributed by atoms with van der Waals surface area (Å²) >= 11 is 0.519. The molecule has 0 saturated heterocycles. The molecule has 1 aromatic heterocycles. The van der Waals surface area contributed by atoms with E-state index in [4.69, 9.17) is 4.74 Å². The number of benzene rings is 1. The number of rotatable bonds is 3. The highest BCUT2D eigenvalue weighted by Gasteiger charge is 2.14. The van der Waals surface area contributed by atoms with Crippen LogP contribution >= 0.6 is 11.5 Å². The third kappa shape index (κ3) is 3.26. The van der Waals surface area contributed by atoms with Crippen molar-refractivity contribution in [1.29, 1.82) is 0 Å². The van der Waals surface area contributed by atoms with Crippen LogP contribution in [-0.4, -0.2) is 25.0 Å². The molecule has 2 rings (SSSR count). The van der Waals surface area contributed by atoms with Crippen molar-refractivity contribution in [3.05, 3.63) is 39.6 Å². The van der Waals surface area contributed by atoms with Gasteiger partial charge >= 0.3 is 17.0 Å². The van der Waals surface area contributed by atoms with Gasteiger partial charge in [0.05, 0.1) is 22.0 Å². The maximum absolute atomic E-state index is 11.6. The highest BCUT2D eigenvalue weighted by molar-refractivity contribution is 7.90. The van der Waals surface area contributed by atoms with Crippen molar-refractivity contribution >= 4 is 27.3 Å². The zero-order chi connectivity index (χ0) is 14.0. The third-order valence-electron chi connectivity index (χ3n) is 2.06. The molecule has 0 saturated carbocycles. The first-order valence-electron chi connectivity index (χ1n) is 4.85. The first-order valence-corrected chi connectivity index (χ1v) is 7.52. The SMILES string of the molecule is CS(=O)(=O)c1ccc(C(=O)Oc2nsc(=O)o2)cc1. The second-order valence-electron chi connectivity index (χ2n) is 3.49. The van der Waals surface area contributed by atoms with Crippen molar-refractivity contribution in [3.8, 4) is 6.08 Å². The van der Waals surface area contributed by atoms with Crippen molar-refractivity contribution in [2.24, 2.45) is 0 Å². The van der Waals surface area contributed by atoms with Crippen LogP contribution in [0, 0.1) is 0 Å². The van der Waals surface area contributed by atoms with Gasteiger partial charge in [0.15, 0.2) is 9.84 Å². The number of ether oxygens (including phenoxy) is 1. The van der Waals surface area contributed by atoms with Crippen LogP contribution in [0.1, 0.15) is 10.4 Å². The van der Waals surface area contributed by atoms with Gasteiger partial charge in [-0.3, -0.25) is 0 Å². The monoisotopic (exact) mass is 301 g/mol. The van der Waals surface area contributed by atoms with Crippen molar-refractivity contribution < 1.29 is 22.4 Å². The van der Waals surface area contributed by atoms with E-state index in [9.17, 15) is 18.0 Å². The maximum atomic E-state index is 11.6. The molecule has 0 aliphatic carbocycles. The summed E-state index contributed by atoms with van der Waals surface area (Å²) in [6.07, 6.45) is 0.622. The number of sulfone groups is 1. The Morgan fingerprint density at radius 1 is 1.32 bits per heavy atom. The summed E-state index contributed by atoms with van der Waals surface area (Å²) in [5.74, 6) is -0.797. The number of hydrogen-bond acceptors (Lipinski definition) is 8. The van der Waals surface area contributed by atoms with Gasteiger partial charge in [-0.15, -0.1) is 4.37 Å². The molecule has 0 spiro atoms. The number of carbonyl (C=O) groups is 1. The number of esters is 1. The lowest BCUT2D eigenvalue weighted by Gasteiger charge is -2.01. The Labute approximate surface area is 111 Å². The summed E-state index contributed by atoms with van der Waals surface area (Å²) in [6, 6.07) is 5.15. The van der Waals surface area contributed by atoms with Gasteiger partial charge < -0.3 is 9.15 Å². The molecule has 1 aromatic carbocycles. The van der Waals surface area contributed by atoms with E-state index < -0.39 is 26.8 Å². The molecule has 0 fully saturated rings. The Hall–Kier alpha value is -2.00. The van der Waals surface area contributed by atoms with Crippen LogP contribution in [0.4, 0.5) is 0 Å². The first-order chi connectivity index (χ1) is 8.86. The fourth-order valence-corrected chi connectivity index (χ4v) is 2.16. The number of nitrogens with zero attached hydrogens (tertiary/aromatic N) is 1. The Kier molecular flexibility index (Phi) is 3.49. The predicted molar refractivity (Wildman–Crippen MR) is 65.2 cm³/mol. The van der Waals surface area contributed by atoms with E-state index in [1.54, 1.807) is 0 Å². The van der Waals surface area contributed by atoms with E-state index in [0.717, 1.165) is 6.26 Å². The van der Waals surface area contributed by atoms with E-state index in [0.29, 0.717) is 11.5 Å². The Bertz CT molecular complexity index is 756. The molecule has 7 nitrogen and oxygen atoms in total. The minimum absolute atomic E-state index is 0.0873. The highest BCUT2D eigenvalue weighted by Crippen LogP contribution is 2.13. The molecule has 0 N–H and O–H groups in total. The lowest BCUT2D eigenvalue weighted by molar-refractivity contribution is 0.0680. The first kappa shape index (κ1) is 13.4. The number of carbonyl (C=O) groups excluding carboxylic acids is 1. The zero-order valence-electron chi connectivity index (χ0n) is 9.52. The molecular formula is C10H7NO6S2. The van der Waals surface area contributed by atoms with Gasteiger partial charge in [0.2, 0.25) is 0 Å². The molecule has 0 bridgehead atoms. The topological polar surface area (TPSA) is 104 Å². The fourth-order valence-electron chi connectivity index (χ4n) is 1.20. The smallest absolute Gasteiger partial charge is 0.372 e. The zero-order valence-corrected chi connectivity index (χ0v) is 11.2. The van der Waals surface area contributed by atoms with Gasteiger partial charge in [-0.1, -0.05) is 0 Å². The van der Waals surface area contributed by atoms with Crippen molar-refractivity contribution in [2.75, 3.05) is 6.26 Å². The van der Waals surface area contributed by atoms with Crippen LogP contribution in [0.15, 0.2) is 38.4 Å². The predicted octanol–water partition coefficient (Wildman–Crippen LogP) is 0.719. The van der Waals surface area contributed by atoms with Gasteiger partial charge in [0, 0.05) is 6.26 Å². The second kappa shape index (κ2) is 4.94. The lowest BCUT2D eigenvalue weighted by atomic mass is 10.2. The molecule has 1 heterocycles. The van der Waals surface area contributed by atoms with Crippen LogP contribution in [0.5, 0.6) is 6.08 Å². The molecule has 0 aliphatic rings. The van der Waals surface area contributed by atoms with Crippen molar-refractivity contribution in [1.82, 2.24) is 4.37 Å². The third-order valence-corrected chi connectivity index (χ3v) is 3.66. The normalized spacial score (nSPS) is 11.2. The largest absolute Gasteiger partial charge is 0.417 e. The molecule has 2 aromatic rings. The molecule has 0 amide bonds. The van der Waals surface area contributed by atoms with Crippen LogP contribution < -0.4 is 9.68 Å². The van der Waals surface area contributed by atoms with E-state index in [1.807, 2.05) is 0 Å². The average molecular weight is 301 g/mol. The molecule has 19 heavy (non-hydrogen) atoms. The molecule has 0 atom stereocenters. The summed E-state index contributed by atoms with van der Waals surface area (Å²) < 4.78 is 35.1. The molecule has 0 unspecified atom stereocenters. The summed E-state index contributed by atoms with van der Waals surface area (Å²) in [7, 11) is -3.32. The van der Waals surface area contributed by atoms with E-state index >= 15 is 0 Å². The molecule has 0 aliphatic heterocycles. The standard InChI is InChI=1S/C10H7NO6S2/c1-19(14,15)7-4-2-6(3-5-7)8(12)16-9-11-18-10(13)17-9/h2-5H,1H3. The Balaban J connectivity index is 2.18. The quantitative estimate of drug-likeness (QED) is 0.769. The maximum Gasteiger partial charge on any atom is 0.417 e. The van der Waals surface area contributed by atoms with Gasteiger partial charge in [0.1, 0.15) is 0 Å². The van der Waals surface area contributed by atoms with E-state index in [1.165, 1.54) is 24.3 Å². The van der Waals surface area contributed by atoms with Gasteiger partial charge in [-0.25, -0.2) is 18.0 Å². The average Bonchev–Trinajstić information content (AvgIpc) is 2.74. The number of hydrogen-bond donors (Lipinski definition) is 0. The molecule has 9 heteroatoms. The minimum atomic E-state index is -3.32.